The van der Waals surface area contributed by atoms with E-state index in [-0.39, 0.29) is 16.5 Å². The first kappa shape index (κ1) is 20.6. The molecule has 2 aromatic carbocycles. The zero-order valence-electron chi connectivity index (χ0n) is 16.1. The van der Waals surface area contributed by atoms with Gasteiger partial charge in [0, 0.05) is 6.20 Å². The average Bonchev–Trinajstić information content (AvgIpc) is 2.69. The minimum atomic E-state index is -4.04. The molecule has 3 rings (SSSR count). The van der Waals surface area contributed by atoms with E-state index in [1.165, 1.54) is 18.3 Å². The largest absolute Gasteiger partial charge is 0.548 e. The SMILES string of the molecule is CC(C)C1C(=O)N(CC(=O)[O-])C(c2ccccc2)=CN1S(=O)(=O)c1ccccc1. The molecule has 1 aliphatic heterocycles. The van der Waals surface area contributed by atoms with E-state index in [0.717, 1.165) is 9.21 Å². The van der Waals surface area contributed by atoms with Crippen molar-refractivity contribution in [3.63, 3.8) is 0 Å². The number of carbonyl (C=O) groups is 2. The van der Waals surface area contributed by atoms with Crippen LogP contribution in [0.5, 0.6) is 0 Å². The second kappa shape index (κ2) is 8.08. The minimum absolute atomic E-state index is 0.0514. The third-order valence-corrected chi connectivity index (χ3v) is 6.40. The van der Waals surface area contributed by atoms with Gasteiger partial charge >= 0.3 is 0 Å². The number of carboxylic acids is 1. The molecular weight excluding hydrogens is 392 g/mol. The predicted molar refractivity (Wildman–Crippen MR) is 105 cm³/mol. The number of carbonyl (C=O) groups excluding carboxylic acids is 2. The maximum absolute atomic E-state index is 13.3. The number of sulfonamides is 1. The van der Waals surface area contributed by atoms with E-state index < -0.39 is 34.5 Å². The number of rotatable bonds is 6. The van der Waals surface area contributed by atoms with Gasteiger partial charge < -0.3 is 14.8 Å². The quantitative estimate of drug-likeness (QED) is 0.711. The standard InChI is InChI=1S/C21H22N2O5S/c1-15(2)20-21(26)22(14-19(24)25)18(16-9-5-3-6-10-16)13-23(20)29(27,28)17-11-7-4-8-12-17/h3-13,15,20H,14H2,1-2H3,(H,24,25)/p-1. The molecule has 0 fully saturated rings. The van der Waals surface area contributed by atoms with Gasteiger partial charge in [0.1, 0.15) is 6.04 Å². The van der Waals surface area contributed by atoms with E-state index in [1.807, 2.05) is 0 Å². The summed E-state index contributed by atoms with van der Waals surface area (Å²) < 4.78 is 27.7. The first-order chi connectivity index (χ1) is 13.7. The van der Waals surface area contributed by atoms with Crippen LogP contribution in [0.2, 0.25) is 0 Å². The van der Waals surface area contributed by atoms with Gasteiger partial charge in [0.15, 0.2) is 0 Å². The molecule has 0 saturated heterocycles. The molecule has 0 N–H and O–H groups in total. The molecular formula is C21H21N2O5S-. The summed E-state index contributed by atoms with van der Waals surface area (Å²) in [7, 11) is -4.04. The number of nitrogens with zero attached hydrogens (tertiary/aromatic N) is 2. The van der Waals surface area contributed by atoms with Crippen LogP contribution in [0.4, 0.5) is 0 Å². The van der Waals surface area contributed by atoms with Gasteiger partial charge in [0.05, 0.1) is 23.1 Å². The maximum Gasteiger partial charge on any atom is 0.264 e. The Balaban J connectivity index is 2.22. The van der Waals surface area contributed by atoms with Crippen molar-refractivity contribution in [1.82, 2.24) is 9.21 Å². The highest BCUT2D eigenvalue weighted by molar-refractivity contribution is 7.89. The van der Waals surface area contributed by atoms with Crippen molar-refractivity contribution in [1.29, 1.82) is 0 Å². The number of amides is 1. The third-order valence-electron chi connectivity index (χ3n) is 4.64. The van der Waals surface area contributed by atoms with Crippen LogP contribution in [0.1, 0.15) is 19.4 Å². The van der Waals surface area contributed by atoms with Gasteiger partial charge in [-0.1, -0.05) is 62.4 Å². The van der Waals surface area contributed by atoms with E-state index in [1.54, 1.807) is 62.4 Å². The summed E-state index contributed by atoms with van der Waals surface area (Å²) in [6.07, 6.45) is 1.34. The molecule has 152 valence electrons. The van der Waals surface area contributed by atoms with Gasteiger partial charge in [-0.2, -0.15) is 0 Å². The van der Waals surface area contributed by atoms with Crippen LogP contribution in [0.3, 0.4) is 0 Å². The highest BCUT2D eigenvalue weighted by Crippen LogP contribution is 2.33. The van der Waals surface area contributed by atoms with Crippen LogP contribution in [0.25, 0.3) is 5.70 Å². The smallest absolute Gasteiger partial charge is 0.264 e. The van der Waals surface area contributed by atoms with Gasteiger partial charge in [0.25, 0.3) is 15.9 Å². The first-order valence-electron chi connectivity index (χ1n) is 9.10. The summed E-state index contributed by atoms with van der Waals surface area (Å²) in [6, 6.07) is 15.3. The van der Waals surface area contributed by atoms with Crippen molar-refractivity contribution in [3.8, 4) is 0 Å². The van der Waals surface area contributed by atoms with Crippen LogP contribution in [0, 0.1) is 5.92 Å². The molecule has 0 saturated carbocycles. The Labute approximate surface area is 169 Å². The molecule has 0 spiro atoms. The molecule has 29 heavy (non-hydrogen) atoms. The lowest BCUT2D eigenvalue weighted by Crippen LogP contribution is -2.56. The van der Waals surface area contributed by atoms with E-state index in [9.17, 15) is 23.1 Å². The second-order valence-corrected chi connectivity index (χ2v) is 8.86. The van der Waals surface area contributed by atoms with Crippen LogP contribution in [-0.2, 0) is 19.6 Å². The summed E-state index contributed by atoms with van der Waals surface area (Å²) >= 11 is 0. The summed E-state index contributed by atoms with van der Waals surface area (Å²) in [5.41, 5.74) is 0.716. The summed E-state index contributed by atoms with van der Waals surface area (Å²) in [5, 5.41) is 11.3. The minimum Gasteiger partial charge on any atom is -0.548 e. The number of benzene rings is 2. The van der Waals surface area contributed by atoms with Crippen LogP contribution < -0.4 is 5.11 Å². The number of hydrogen-bond acceptors (Lipinski definition) is 5. The maximum atomic E-state index is 13.3. The van der Waals surface area contributed by atoms with Gasteiger partial charge in [-0.25, -0.2) is 8.42 Å². The molecule has 0 aliphatic carbocycles. The second-order valence-electron chi connectivity index (χ2n) is 7.01. The summed E-state index contributed by atoms with van der Waals surface area (Å²) in [4.78, 5) is 25.7. The Morgan fingerprint density at radius 2 is 1.59 bits per heavy atom. The van der Waals surface area contributed by atoms with Crippen molar-refractivity contribution < 1.29 is 23.1 Å². The molecule has 1 atom stereocenters. The molecule has 1 aliphatic rings. The molecule has 0 aromatic heterocycles. The van der Waals surface area contributed by atoms with Crippen molar-refractivity contribution in [2.75, 3.05) is 6.54 Å². The fraction of sp³-hybridized carbons (Fsp3) is 0.238. The third kappa shape index (κ3) is 4.02. The van der Waals surface area contributed by atoms with E-state index >= 15 is 0 Å². The van der Waals surface area contributed by atoms with Crippen LogP contribution in [-0.4, -0.2) is 42.1 Å². The molecule has 1 heterocycles. The van der Waals surface area contributed by atoms with E-state index in [4.69, 9.17) is 0 Å². The summed E-state index contributed by atoms with van der Waals surface area (Å²) in [6.45, 7) is 2.77. The molecule has 1 unspecified atom stereocenters. The topological polar surface area (TPSA) is 97.8 Å². The molecule has 0 bridgehead atoms. The lowest BCUT2D eigenvalue weighted by atomic mass is 9.99. The normalized spacial score (nSPS) is 17.4. The average molecular weight is 413 g/mol. The van der Waals surface area contributed by atoms with E-state index in [2.05, 4.69) is 0 Å². The molecule has 2 aromatic rings. The molecule has 7 nitrogen and oxygen atoms in total. The summed E-state index contributed by atoms with van der Waals surface area (Å²) in [5.74, 6) is -2.43. The van der Waals surface area contributed by atoms with Crippen molar-refractivity contribution in [2.45, 2.75) is 24.8 Å². The van der Waals surface area contributed by atoms with Crippen molar-refractivity contribution in [2.24, 2.45) is 5.92 Å². The fourth-order valence-electron chi connectivity index (χ4n) is 3.30. The monoisotopic (exact) mass is 413 g/mol. The van der Waals surface area contributed by atoms with Gasteiger partial charge in [-0.3, -0.25) is 9.10 Å². The Bertz CT molecular complexity index is 1030. The predicted octanol–water partition coefficient (Wildman–Crippen LogP) is 1.29. The molecule has 0 radical (unpaired) electrons. The lowest BCUT2D eigenvalue weighted by molar-refractivity contribution is -0.305. The Hall–Kier alpha value is -3.13. The highest BCUT2D eigenvalue weighted by Gasteiger charge is 2.43. The number of hydrogen-bond donors (Lipinski definition) is 0. The van der Waals surface area contributed by atoms with E-state index in [0.29, 0.717) is 5.56 Å². The molecule has 8 heteroatoms. The Morgan fingerprint density at radius 3 is 2.10 bits per heavy atom. The van der Waals surface area contributed by atoms with Gasteiger partial charge in [-0.05, 0) is 23.6 Å². The van der Waals surface area contributed by atoms with Crippen LogP contribution >= 0.6 is 0 Å². The highest BCUT2D eigenvalue weighted by atomic mass is 32.2. The zero-order valence-corrected chi connectivity index (χ0v) is 16.9. The molecule has 1 amide bonds. The van der Waals surface area contributed by atoms with Crippen molar-refractivity contribution in [3.05, 3.63) is 72.4 Å². The lowest BCUT2D eigenvalue weighted by Gasteiger charge is -2.41. The van der Waals surface area contributed by atoms with Gasteiger partial charge in [-0.15, -0.1) is 0 Å². The van der Waals surface area contributed by atoms with Crippen LogP contribution in [0.15, 0.2) is 71.8 Å². The number of carboxylic acid groups (broad SMARTS) is 1. The van der Waals surface area contributed by atoms with Crippen molar-refractivity contribution >= 4 is 27.6 Å². The Morgan fingerprint density at radius 1 is 1.03 bits per heavy atom. The van der Waals surface area contributed by atoms with Gasteiger partial charge in [0.2, 0.25) is 0 Å². The zero-order chi connectivity index (χ0) is 21.2. The number of aliphatic carboxylic acids is 1. The Kier molecular flexibility index (Phi) is 5.74. The first-order valence-corrected chi connectivity index (χ1v) is 10.5. The fourth-order valence-corrected chi connectivity index (χ4v) is 4.92.